The van der Waals surface area contributed by atoms with E-state index in [0.717, 1.165) is 5.75 Å². The predicted molar refractivity (Wildman–Crippen MR) is 105 cm³/mol. The number of anilines is 1. The van der Waals surface area contributed by atoms with Gasteiger partial charge >= 0.3 is 0 Å². The van der Waals surface area contributed by atoms with E-state index in [1.165, 1.54) is 23.3 Å². The molecule has 0 saturated heterocycles. The van der Waals surface area contributed by atoms with Crippen molar-refractivity contribution in [3.63, 3.8) is 0 Å². The quantitative estimate of drug-likeness (QED) is 0.643. The molecule has 1 N–H and O–H groups in total. The van der Waals surface area contributed by atoms with E-state index in [9.17, 15) is 9.59 Å². The van der Waals surface area contributed by atoms with Crippen LogP contribution in [0.15, 0.2) is 66.7 Å². The highest BCUT2D eigenvalue weighted by atomic mass is 32.2. The van der Waals surface area contributed by atoms with Crippen molar-refractivity contribution < 1.29 is 9.59 Å². The smallest absolute Gasteiger partial charge is 0.234 e. The molecule has 3 aromatic carbocycles. The lowest BCUT2D eigenvalue weighted by Crippen LogP contribution is -2.14. The van der Waals surface area contributed by atoms with Crippen molar-refractivity contribution in [1.29, 1.82) is 0 Å². The van der Waals surface area contributed by atoms with Crippen LogP contribution in [0, 0.1) is 0 Å². The van der Waals surface area contributed by atoms with E-state index in [2.05, 4.69) is 29.6 Å². The second-order valence-corrected chi connectivity index (χ2v) is 6.80. The van der Waals surface area contributed by atoms with Gasteiger partial charge < -0.3 is 5.32 Å². The van der Waals surface area contributed by atoms with Crippen molar-refractivity contribution in [3.8, 4) is 0 Å². The van der Waals surface area contributed by atoms with Gasteiger partial charge in [0.1, 0.15) is 0 Å². The molecule has 3 aromatic rings. The molecule has 0 aromatic heterocycles. The number of nitrogens with one attached hydrogen (secondary N) is 1. The van der Waals surface area contributed by atoms with Crippen LogP contribution in [0.2, 0.25) is 0 Å². The Morgan fingerprint density at radius 1 is 0.960 bits per heavy atom. The number of hydrogen-bond donors (Lipinski definition) is 1. The van der Waals surface area contributed by atoms with Crippen LogP contribution in [-0.4, -0.2) is 17.4 Å². The predicted octanol–water partition coefficient (Wildman–Crippen LogP) is 4.91. The van der Waals surface area contributed by atoms with Crippen molar-refractivity contribution in [2.24, 2.45) is 0 Å². The number of carbonyl (C=O) groups excluding carboxylic acids is 2. The van der Waals surface area contributed by atoms with E-state index in [1.54, 1.807) is 36.0 Å². The van der Waals surface area contributed by atoms with Crippen LogP contribution in [0.5, 0.6) is 0 Å². The first-order chi connectivity index (χ1) is 12.1. The van der Waals surface area contributed by atoms with E-state index in [0.29, 0.717) is 17.0 Å². The topological polar surface area (TPSA) is 46.2 Å². The molecule has 3 nitrogen and oxygen atoms in total. The van der Waals surface area contributed by atoms with Gasteiger partial charge in [-0.1, -0.05) is 54.6 Å². The van der Waals surface area contributed by atoms with Crippen molar-refractivity contribution >= 4 is 39.9 Å². The molecule has 0 unspecified atom stereocenters. The molecular formula is C21H19NO2S. The average Bonchev–Trinajstić information content (AvgIpc) is 2.62. The Kier molecular flexibility index (Phi) is 5.51. The van der Waals surface area contributed by atoms with E-state index in [1.807, 2.05) is 18.2 Å². The maximum absolute atomic E-state index is 12.1. The number of hydrogen-bond acceptors (Lipinski definition) is 3. The molecule has 0 aliphatic carbocycles. The molecule has 1 amide bonds. The van der Waals surface area contributed by atoms with Gasteiger partial charge in [0, 0.05) is 17.0 Å². The Balaban J connectivity index is 1.57. The van der Waals surface area contributed by atoms with Crippen molar-refractivity contribution in [3.05, 3.63) is 77.9 Å². The van der Waals surface area contributed by atoms with Crippen LogP contribution in [0.1, 0.15) is 22.8 Å². The van der Waals surface area contributed by atoms with Gasteiger partial charge in [0.15, 0.2) is 5.78 Å². The zero-order valence-corrected chi connectivity index (χ0v) is 14.8. The molecule has 0 spiro atoms. The minimum absolute atomic E-state index is 0.0126. The van der Waals surface area contributed by atoms with Crippen molar-refractivity contribution in [2.45, 2.75) is 12.7 Å². The molecule has 0 fully saturated rings. The lowest BCUT2D eigenvalue weighted by Gasteiger charge is -2.08. The monoisotopic (exact) mass is 349 g/mol. The number of amides is 1. The van der Waals surface area contributed by atoms with E-state index in [4.69, 9.17) is 0 Å². The van der Waals surface area contributed by atoms with Crippen LogP contribution < -0.4 is 5.32 Å². The average molecular weight is 349 g/mol. The summed E-state index contributed by atoms with van der Waals surface area (Å²) >= 11 is 1.58. The third-order valence-electron chi connectivity index (χ3n) is 3.92. The highest BCUT2D eigenvalue weighted by Crippen LogP contribution is 2.23. The second-order valence-electron chi connectivity index (χ2n) is 5.82. The highest BCUT2D eigenvalue weighted by Gasteiger charge is 2.06. The van der Waals surface area contributed by atoms with E-state index >= 15 is 0 Å². The fraction of sp³-hybridized carbons (Fsp3) is 0.143. The summed E-state index contributed by atoms with van der Waals surface area (Å²) in [5.74, 6) is 1.07. The number of Topliss-reactive ketones (excluding diaryl/α,β-unsaturated/α-hetero) is 1. The molecular weight excluding hydrogens is 330 g/mol. The molecule has 0 aliphatic rings. The van der Waals surface area contributed by atoms with Gasteiger partial charge in [0.05, 0.1) is 5.75 Å². The Morgan fingerprint density at radius 2 is 1.72 bits per heavy atom. The summed E-state index contributed by atoms with van der Waals surface area (Å²) in [5, 5.41) is 5.29. The molecule has 0 saturated carbocycles. The Morgan fingerprint density at radius 3 is 2.56 bits per heavy atom. The minimum Gasteiger partial charge on any atom is -0.325 e. The van der Waals surface area contributed by atoms with Gasteiger partial charge in [-0.3, -0.25) is 9.59 Å². The van der Waals surface area contributed by atoms with Crippen LogP contribution in [-0.2, 0) is 10.5 Å². The number of carbonyl (C=O) groups is 2. The summed E-state index contributed by atoms with van der Waals surface area (Å²) < 4.78 is 0. The molecule has 25 heavy (non-hydrogen) atoms. The number of benzene rings is 3. The minimum atomic E-state index is -0.0639. The molecule has 0 atom stereocenters. The summed E-state index contributed by atoms with van der Waals surface area (Å²) in [7, 11) is 0. The van der Waals surface area contributed by atoms with Gasteiger partial charge in [-0.2, -0.15) is 0 Å². The van der Waals surface area contributed by atoms with Crippen LogP contribution in [0.3, 0.4) is 0 Å². The standard InChI is InChI=1S/C21H19NO2S/c1-15(23)17-8-5-10-19(12-17)22-21(24)14-25-13-18-9-4-7-16-6-2-3-11-20(16)18/h2-12H,13-14H2,1H3,(H,22,24). The van der Waals surface area contributed by atoms with Crippen LogP contribution in [0.25, 0.3) is 10.8 Å². The van der Waals surface area contributed by atoms with E-state index < -0.39 is 0 Å². The largest absolute Gasteiger partial charge is 0.325 e. The first-order valence-electron chi connectivity index (χ1n) is 8.09. The van der Waals surface area contributed by atoms with Gasteiger partial charge in [0.25, 0.3) is 0 Å². The second kappa shape index (κ2) is 7.99. The maximum atomic E-state index is 12.1. The Labute approximate surface area is 151 Å². The van der Waals surface area contributed by atoms with Crippen molar-refractivity contribution in [2.75, 3.05) is 11.1 Å². The summed E-state index contributed by atoms with van der Waals surface area (Å²) in [6.45, 7) is 1.51. The van der Waals surface area contributed by atoms with Crippen LogP contribution in [0.4, 0.5) is 5.69 Å². The number of thioether (sulfide) groups is 1. The third-order valence-corrected chi connectivity index (χ3v) is 4.90. The zero-order chi connectivity index (χ0) is 17.6. The van der Waals surface area contributed by atoms with Gasteiger partial charge in [-0.25, -0.2) is 0 Å². The number of fused-ring (bicyclic) bond motifs is 1. The molecule has 0 heterocycles. The fourth-order valence-corrected chi connectivity index (χ4v) is 3.52. The lowest BCUT2D eigenvalue weighted by atomic mass is 10.1. The molecule has 0 aliphatic heterocycles. The maximum Gasteiger partial charge on any atom is 0.234 e. The fourth-order valence-electron chi connectivity index (χ4n) is 2.69. The molecule has 4 heteroatoms. The molecule has 126 valence electrons. The van der Waals surface area contributed by atoms with E-state index in [-0.39, 0.29) is 11.7 Å². The molecule has 0 radical (unpaired) electrons. The zero-order valence-electron chi connectivity index (χ0n) is 14.0. The number of ketones is 1. The summed E-state index contributed by atoms with van der Waals surface area (Å²) in [6, 6.07) is 21.5. The normalized spacial score (nSPS) is 10.6. The molecule has 3 rings (SSSR count). The van der Waals surface area contributed by atoms with Gasteiger partial charge in [-0.05, 0) is 35.4 Å². The lowest BCUT2D eigenvalue weighted by molar-refractivity contribution is -0.113. The van der Waals surface area contributed by atoms with Crippen LogP contribution >= 0.6 is 11.8 Å². The van der Waals surface area contributed by atoms with Crippen molar-refractivity contribution in [1.82, 2.24) is 0 Å². The highest BCUT2D eigenvalue weighted by molar-refractivity contribution is 7.99. The first-order valence-corrected chi connectivity index (χ1v) is 9.24. The first kappa shape index (κ1) is 17.2. The number of rotatable bonds is 6. The molecule has 0 bridgehead atoms. The summed E-state index contributed by atoms with van der Waals surface area (Å²) in [5.41, 5.74) is 2.49. The Hall–Kier alpha value is -2.59. The van der Waals surface area contributed by atoms with Gasteiger partial charge in [-0.15, -0.1) is 11.8 Å². The summed E-state index contributed by atoms with van der Waals surface area (Å²) in [4.78, 5) is 23.5. The van der Waals surface area contributed by atoms with Gasteiger partial charge in [0.2, 0.25) is 5.91 Å². The SMILES string of the molecule is CC(=O)c1cccc(NC(=O)CSCc2cccc3ccccc23)c1. The Bertz CT molecular complexity index is 915. The summed E-state index contributed by atoms with van der Waals surface area (Å²) in [6.07, 6.45) is 0. The third kappa shape index (κ3) is 4.48.